The zero-order valence-corrected chi connectivity index (χ0v) is 8.82. The molecule has 17 heavy (non-hydrogen) atoms. The number of alkyl halides is 3. The van der Waals surface area contributed by atoms with Crippen molar-refractivity contribution in [1.82, 2.24) is 0 Å². The molecule has 0 N–H and O–H groups in total. The van der Waals surface area contributed by atoms with Crippen LogP contribution in [0.4, 0.5) is 27.6 Å². The lowest BCUT2D eigenvalue weighted by Crippen LogP contribution is -2.23. The molecule has 1 nitrogen and oxygen atoms in total. The summed E-state index contributed by atoms with van der Waals surface area (Å²) in [5, 5.41) is 0. The predicted molar refractivity (Wildman–Crippen MR) is 52.8 cm³/mol. The summed E-state index contributed by atoms with van der Waals surface area (Å²) in [6, 6.07) is 1.01. The van der Waals surface area contributed by atoms with Crippen LogP contribution in [0.3, 0.4) is 0 Å². The second-order valence-corrected chi connectivity index (χ2v) is 3.97. The Morgan fingerprint density at radius 1 is 1.00 bits per heavy atom. The number of halogens is 5. The fraction of sp³-hybridized carbons (Fsp3) is 0.455. The van der Waals surface area contributed by atoms with E-state index in [4.69, 9.17) is 0 Å². The lowest BCUT2D eigenvalue weighted by molar-refractivity contribution is -0.139. The Hall–Kier alpha value is -1.33. The van der Waals surface area contributed by atoms with Gasteiger partial charge >= 0.3 is 6.18 Å². The fourth-order valence-corrected chi connectivity index (χ4v) is 2.05. The summed E-state index contributed by atoms with van der Waals surface area (Å²) in [5.74, 6) is -2.54. The molecule has 0 radical (unpaired) electrons. The minimum absolute atomic E-state index is 0.266. The largest absolute Gasteiger partial charge is 0.421 e. The zero-order chi connectivity index (χ0) is 12.6. The van der Waals surface area contributed by atoms with Gasteiger partial charge in [0.2, 0.25) is 0 Å². The lowest BCUT2D eigenvalue weighted by Gasteiger charge is -2.23. The molecule has 0 amide bonds. The van der Waals surface area contributed by atoms with Crippen LogP contribution < -0.4 is 4.90 Å². The highest BCUT2D eigenvalue weighted by atomic mass is 19.4. The van der Waals surface area contributed by atoms with Crippen molar-refractivity contribution >= 4 is 5.69 Å². The van der Waals surface area contributed by atoms with Gasteiger partial charge in [-0.1, -0.05) is 0 Å². The number of hydrogen-bond donors (Lipinski definition) is 0. The van der Waals surface area contributed by atoms with Gasteiger partial charge < -0.3 is 4.90 Å². The molecule has 0 saturated carbocycles. The Labute approximate surface area is 94.8 Å². The summed E-state index contributed by atoms with van der Waals surface area (Å²) in [6.45, 7) is 0.790. The van der Waals surface area contributed by atoms with Crippen LogP contribution in [0.5, 0.6) is 0 Å². The third-order valence-corrected chi connectivity index (χ3v) is 2.76. The minimum atomic E-state index is -4.81. The second kappa shape index (κ2) is 4.16. The highest BCUT2D eigenvalue weighted by Crippen LogP contribution is 2.39. The standard InChI is InChI=1S/C11H10F5N/c12-7-5-8(13)10(11(14,15)16)9(6-7)17-3-1-2-4-17/h5-6H,1-4H2. The quantitative estimate of drug-likeness (QED) is 0.689. The molecule has 1 aromatic carbocycles. The van der Waals surface area contributed by atoms with Crippen molar-refractivity contribution < 1.29 is 22.0 Å². The highest BCUT2D eigenvalue weighted by molar-refractivity contribution is 5.56. The summed E-state index contributed by atoms with van der Waals surface area (Å²) in [4.78, 5) is 1.37. The van der Waals surface area contributed by atoms with E-state index in [1.54, 1.807) is 0 Å². The maximum atomic E-state index is 13.3. The Kier molecular flexibility index (Phi) is 2.97. The molecule has 1 fully saturated rings. The van der Waals surface area contributed by atoms with Crippen molar-refractivity contribution in [3.63, 3.8) is 0 Å². The Morgan fingerprint density at radius 2 is 1.59 bits per heavy atom. The maximum Gasteiger partial charge on any atom is 0.421 e. The summed E-state index contributed by atoms with van der Waals surface area (Å²) in [5.41, 5.74) is -1.77. The van der Waals surface area contributed by atoms with Gasteiger partial charge in [-0.2, -0.15) is 13.2 Å². The molecule has 1 saturated heterocycles. The molecule has 1 heterocycles. The van der Waals surface area contributed by atoms with Crippen LogP contribution in [0.15, 0.2) is 12.1 Å². The number of nitrogens with zero attached hydrogens (tertiary/aromatic N) is 1. The second-order valence-electron chi connectivity index (χ2n) is 3.97. The lowest BCUT2D eigenvalue weighted by atomic mass is 10.1. The van der Waals surface area contributed by atoms with E-state index in [-0.39, 0.29) is 6.07 Å². The average molecular weight is 251 g/mol. The first kappa shape index (κ1) is 12.1. The van der Waals surface area contributed by atoms with Crippen molar-refractivity contribution in [2.45, 2.75) is 19.0 Å². The zero-order valence-electron chi connectivity index (χ0n) is 8.82. The van der Waals surface area contributed by atoms with Gasteiger partial charge in [-0.05, 0) is 18.9 Å². The number of benzene rings is 1. The fourth-order valence-electron chi connectivity index (χ4n) is 2.05. The predicted octanol–water partition coefficient (Wildman–Crippen LogP) is 3.58. The van der Waals surface area contributed by atoms with E-state index in [2.05, 4.69) is 0 Å². The molecule has 0 aliphatic carbocycles. The van der Waals surface area contributed by atoms with Crippen LogP contribution in [0.1, 0.15) is 18.4 Å². The van der Waals surface area contributed by atoms with Gasteiger partial charge in [-0.25, -0.2) is 8.78 Å². The number of rotatable bonds is 1. The van der Waals surface area contributed by atoms with Crippen molar-refractivity contribution in [2.75, 3.05) is 18.0 Å². The normalized spacial score (nSPS) is 16.6. The summed E-state index contributed by atoms with van der Waals surface area (Å²) < 4.78 is 64.4. The van der Waals surface area contributed by atoms with E-state index in [0.29, 0.717) is 13.1 Å². The molecule has 0 atom stereocenters. The molecule has 0 bridgehead atoms. The molecule has 1 aromatic rings. The summed E-state index contributed by atoms with van der Waals surface area (Å²) >= 11 is 0. The third kappa shape index (κ3) is 2.35. The Morgan fingerprint density at radius 3 is 2.12 bits per heavy atom. The smallest absolute Gasteiger partial charge is 0.371 e. The van der Waals surface area contributed by atoms with Crippen molar-refractivity contribution in [2.24, 2.45) is 0 Å². The van der Waals surface area contributed by atoms with Gasteiger partial charge in [0.1, 0.15) is 17.2 Å². The SMILES string of the molecule is Fc1cc(F)c(C(F)(F)F)c(N2CCCC2)c1. The van der Waals surface area contributed by atoms with E-state index in [0.717, 1.165) is 18.9 Å². The van der Waals surface area contributed by atoms with E-state index < -0.39 is 29.1 Å². The van der Waals surface area contributed by atoms with Crippen molar-refractivity contribution in [1.29, 1.82) is 0 Å². The molecule has 0 aromatic heterocycles. The topological polar surface area (TPSA) is 3.24 Å². The molecule has 1 aliphatic heterocycles. The van der Waals surface area contributed by atoms with Crippen molar-refractivity contribution in [3.8, 4) is 0 Å². The van der Waals surface area contributed by atoms with Crippen LogP contribution in [0, 0.1) is 11.6 Å². The monoisotopic (exact) mass is 251 g/mol. The minimum Gasteiger partial charge on any atom is -0.371 e. The van der Waals surface area contributed by atoms with Crippen LogP contribution in [0.25, 0.3) is 0 Å². The van der Waals surface area contributed by atoms with E-state index in [1.165, 1.54) is 4.90 Å². The summed E-state index contributed by atoms with van der Waals surface area (Å²) in [6.07, 6.45) is -3.35. The molecule has 0 spiro atoms. The molecule has 0 unspecified atom stereocenters. The maximum absolute atomic E-state index is 13.3. The van der Waals surface area contributed by atoms with Gasteiger partial charge in [0, 0.05) is 19.2 Å². The number of anilines is 1. The third-order valence-electron chi connectivity index (χ3n) is 2.76. The average Bonchev–Trinajstić information content (AvgIpc) is 2.65. The Balaban J connectivity index is 2.54. The first-order chi connectivity index (χ1) is 7.89. The van der Waals surface area contributed by atoms with Crippen LogP contribution >= 0.6 is 0 Å². The van der Waals surface area contributed by atoms with Gasteiger partial charge in [-0.3, -0.25) is 0 Å². The van der Waals surface area contributed by atoms with Gasteiger partial charge in [0.25, 0.3) is 0 Å². The highest BCUT2D eigenvalue weighted by Gasteiger charge is 2.39. The Bertz CT molecular complexity index is 421. The molecular formula is C11H10F5N. The number of hydrogen-bond acceptors (Lipinski definition) is 1. The molecular weight excluding hydrogens is 241 g/mol. The van der Waals surface area contributed by atoms with Gasteiger partial charge in [0.05, 0.1) is 5.69 Å². The van der Waals surface area contributed by atoms with Gasteiger partial charge in [-0.15, -0.1) is 0 Å². The van der Waals surface area contributed by atoms with E-state index in [9.17, 15) is 22.0 Å². The van der Waals surface area contributed by atoms with Crippen LogP contribution in [-0.2, 0) is 6.18 Å². The first-order valence-electron chi connectivity index (χ1n) is 5.21. The molecule has 2 rings (SSSR count). The first-order valence-corrected chi connectivity index (χ1v) is 5.21. The van der Waals surface area contributed by atoms with Crippen LogP contribution in [0.2, 0.25) is 0 Å². The van der Waals surface area contributed by atoms with E-state index >= 15 is 0 Å². The molecule has 94 valence electrons. The van der Waals surface area contributed by atoms with Gasteiger partial charge in [0.15, 0.2) is 0 Å². The van der Waals surface area contributed by atoms with Crippen molar-refractivity contribution in [3.05, 3.63) is 29.3 Å². The van der Waals surface area contributed by atoms with Crippen LogP contribution in [-0.4, -0.2) is 13.1 Å². The molecule has 6 heteroatoms. The molecule has 1 aliphatic rings. The summed E-state index contributed by atoms with van der Waals surface area (Å²) in [7, 11) is 0. The van der Waals surface area contributed by atoms with E-state index in [1.807, 2.05) is 0 Å².